The van der Waals surface area contributed by atoms with E-state index in [2.05, 4.69) is 34.4 Å². The van der Waals surface area contributed by atoms with Crippen LogP contribution in [0.4, 0.5) is 0 Å². The number of nitrogens with one attached hydrogen (secondary N) is 2. The monoisotopic (exact) mass is 366 g/mol. The van der Waals surface area contributed by atoms with Gasteiger partial charge in [-0.2, -0.15) is 0 Å². The summed E-state index contributed by atoms with van der Waals surface area (Å²) in [7, 11) is 0. The van der Waals surface area contributed by atoms with Crippen molar-refractivity contribution >= 4 is 17.6 Å². The van der Waals surface area contributed by atoms with E-state index in [0.717, 1.165) is 38.4 Å². The molecule has 0 aliphatic carbocycles. The molecule has 1 heterocycles. The van der Waals surface area contributed by atoms with Crippen molar-refractivity contribution in [1.29, 1.82) is 0 Å². The van der Waals surface area contributed by atoms with Gasteiger partial charge < -0.3 is 20.6 Å². The highest BCUT2D eigenvalue weighted by Crippen LogP contribution is 2.22. The zero-order valence-electron chi connectivity index (χ0n) is 15.5. The highest BCUT2D eigenvalue weighted by atomic mass is 35.5. The molecule has 3 N–H and O–H groups in total. The molecule has 2 rings (SSSR count). The Labute approximate surface area is 156 Å². The number of aliphatic imine (C=N–C) groups is 1. The molecule has 1 atom stereocenters. The second-order valence-corrected chi connectivity index (χ2v) is 7.21. The van der Waals surface area contributed by atoms with Crippen molar-refractivity contribution in [3.8, 4) is 0 Å². The Hall–Kier alpha value is -1.30. The fourth-order valence-corrected chi connectivity index (χ4v) is 3.36. The van der Waals surface area contributed by atoms with E-state index >= 15 is 0 Å². The van der Waals surface area contributed by atoms with Crippen molar-refractivity contribution in [2.75, 3.05) is 26.2 Å². The minimum Gasteiger partial charge on any atom is -0.386 e. The number of aliphatic hydroxyl groups excluding tert-OH is 1. The van der Waals surface area contributed by atoms with Crippen molar-refractivity contribution in [1.82, 2.24) is 15.5 Å². The quantitative estimate of drug-likeness (QED) is 0.535. The summed E-state index contributed by atoms with van der Waals surface area (Å²) >= 11 is 6.15. The Kier molecular flexibility index (Phi) is 8.00. The summed E-state index contributed by atoms with van der Waals surface area (Å²) in [6.45, 7) is 9.82. The molecule has 1 fully saturated rings. The van der Waals surface area contributed by atoms with E-state index in [9.17, 15) is 5.11 Å². The smallest absolute Gasteiger partial charge is 0.191 e. The van der Waals surface area contributed by atoms with Crippen molar-refractivity contribution in [2.24, 2.45) is 4.99 Å². The molecule has 140 valence electrons. The van der Waals surface area contributed by atoms with Crippen LogP contribution in [0.5, 0.6) is 0 Å². The Morgan fingerprint density at radius 3 is 2.60 bits per heavy atom. The maximum atomic E-state index is 10.4. The summed E-state index contributed by atoms with van der Waals surface area (Å²) in [5, 5.41) is 17.7. The molecule has 5 nitrogen and oxygen atoms in total. The van der Waals surface area contributed by atoms with Gasteiger partial charge in [-0.3, -0.25) is 4.99 Å². The van der Waals surface area contributed by atoms with Crippen LogP contribution in [-0.4, -0.2) is 54.2 Å². The van der Waals surface area contributed by atoms with Gasteiger partial charge in [-0.25, -0.2) is 0 Å². The first-order valence-corrected chi connectivity index (χ1v) is 9.60. The maximum Gasteiger partial charge on any atom is 0.191 e. The first-order valence-electron chi connectivity index (χ1n) is 9.22. The topological polar surface area (TPSA) is 59.9 Å². The van der Waals surface area contributed by atoms with Crippen LogP contribution >= 0.6 is 11.6 Å². The predicted octanol–water partition coefficient (Wildman–Crippen LogP) is 2.80. The van der Waals surface area contributed by atoms with Crippen molar-refractivity contribution in [3.05, 3.63) is 34.9 Å². The number of hydrogen-bond donors (Lipinski definition) is 3. The van der Waals surface area contributed by atoms with Crippen LogP contribution < -0.4 is 10.6 Å². The Morgan fingerprint density at radius 1 is 1.32 bits per heavy atom. The second-order valence-electron chi connectivity index (χ2n) is 6.81. The minimum atomic E-state index is -0.702. The number of hydrogen-bond acceptors (Lipinski definition) is 3. The number of rotatable bonds is 6. The molecule has 1 aromatic rings. The molecule has 1 saturated heterocycles. The summed E-state index contributed by atoms with van der Waals surface area (Å²) in [4.78, 5) is 7.05. The Morgan fingerprint density at radius 2 is 2.00 bits per heavy atom. The highest BCUT2D eigenvalue weighted by Gasteiger charge is 2.21. The molecule has 1 aliphatic rings. The summed E-state index contributed by atoms with van der Waals surface area (Å²) in [6.07, 6.45) is 1.51. The molecule has 1 unspecified atom stereocenters. The van der Waals surface area contributed by atoms with Crippen molar-refractivity contribution in [3.63, 3.8) is 0 Å². The molecule has 0 saturated carbocycles. The van der Waals surface area contributed by atoms with Gasteiger partial charge in [0.2, 0.25) is 0 Å². The normalized spacial score (nSPS) is 18.4. The SMILES string of the molecule is CCNC(=NCC(O)c1ccccc1Cl)NC1CCN(C(C)C)CC1. The average Bonchev–Trinajstić information content (AvgIpc) is 2.60. The lowest BCUT2D eigenvalue weighted by molar-refractivity contribution is 0.167. The molecule has 6 heteroatoms. The lowest BCUT2D eigenvalue weighted by Crippen LogP contribution is -2.50. The number of piperidine rings is 1. The number of aliphatic hydroxyl groups is 1. The second kappa shape index (κ2) is 10.00. The number of guanidine groups is 1. The summed E-state index contributed by atoms with van der Waals surface area (Å²) < 4.78 is 0. The molecule has 0 amide bonds. The summed E-state index contributed by atoms with van der Waals surface area (Å²) in [5.74, 6) is 0.761. The van der Waals surface area contributed by atoms with Crippen LogP contribution in [0.25, 0.3) is 0 Å². The van der Waals surface area contributed by atoms with Crippen molar-refractivity contribution in [2.45, 2.75) is 51.8 Å². The summed E-state index contributed by atoms with van der Waals surface area (Å²) in [6, 6.07) is 8.39. The van der Waals surface area contributed by atoms with E-state index in [0.29, 0.717) is 22.7 Å². The van der Waals surface area contributed by atoms with Gasteiger partial charge in [0.1, 0.15) is 6.10 Å². The lowest BCUT2D eigenvalue weighted by atomic mass is 10.0. The molecule has 0 bridgehead atoms. The fraction of sp³-hybridized carbons (Fsp3) is 0.632. The van der Waals surface area contributed by atoms with E-state index in [4.69, 9.17) is 11.6 Å². The van der Waals surface area contributed by atoms with E-state index < -0.39 is 6.10 Å². The maximum absolute atomic E-state index is 10.4. The van der Waals surface area contributed by atoms with Crippen LogP contribution in [0.1, 0.15) is 45.3 Å². The average molecular weight is 367 g/mol. The molecular weight excluding hydrogens is 336 g/mol. The fourth-order valence-electron chi connectivity index (χ4n) is 3.10. The van der Waals surface area contributed by atoms with E-state index in [-0.39, 0.29) is 6.54 Å². The van der Waals surface area contributed by atoms with Gasteiger partial charge in [-0.05, 0) is 39.7 Å². The predicted molar refractivity (Wildman–Crippen MR) is 105 cm³/mol. The minimum absolute atomic E-state index is 0.282. The van der Waals surface area contributed by atoms with Crippen LogP contribution in [0.2, 0.25) is 5.02 Å². The molecule has 0 radical (unpaired) electrons. The highest BCUT2D eigenvalue weighted by molar-refractivity contribution is 6.31. The van der Waals surface area contributed by atoms with E-state index in [1.54, 1.807) is 6.07 Å². The zero-order valence-corrected chi connectivity index (χ0v) is 16.3. The van der Waals surface area contributed by atoms with Gasteiger partial charge in [0.05, 0.1) is 6.54 Å². The molecule has 0 spiro atoms. The van der Waals surface area contributed by atoms with Gasteiger partial charge in [0.25, 0.3) is 0 Å². The first kappa shape index (κ1) is 20.0. The molecule has 1 aromatic carbocycles. The zero-order chi connectivity index (χ0) is 18.2. The van der Waals surface area contributed by atoms with Crippen LogP contribution in [0.15, 0.2) is 29.3 Å². The largest absolute Gasteiger partial charge is 0.386 e. The number of nitrogens with zero attached hydrogens (tertiary/aromatic N) is 2. The molecular formula is C19H31ClN4O. The first-order chi connectivity index (χ1) is 12.0. The Balaban J connectivity index is 1.91. The third kappa shape index (κ3) is 6.17. The molecule has 25 heavy (non-hydrogen) atoms. The van der Waals surface area contributed by atoms with Gasteiger partial charge in [0.15, 0.2) is 5.96 Å². The van der Waals surface area contributed by atoms with Crippen LogP contribution in [0.3, 0.4) is 0 Å². The van der Waals surface area contributed by atoms with Crippen molar-refractivity contribution < 1.29 is 5.11 Å². The van der Waals surface area contributed by atoms with Gasteiger partial charge >= 0.3 is 0 Å². The van der Waals surface area contributed by atoms with E-state index in [1.165, 1.54) is 0 Å². The number of benzene rings is 1. The van der Waals surface area contributed by atoms with Gasteiger partial charge in [-0.1, -0.05) is 29.8 Å². The summed E-state index contributed by atoms with van der Waals surface area (Å²) in [5.41, 5.74) is 0.717. The molecule has 0 aromatic heterocycles. The number of likely N-dealkylation sites (tertiary alicyclic amines) is 1. The van der Waals surface area contributed by atoms with Gasteiger partial charge in [0, 0.05) is 42.3 Å². The molecule has 1 aliphatic heterocycles. The third-order valence-electron chi connectivity index (χ3n) is 4.63. The van der Waals surface area contributed by atoms with Crippen LogP contribution in [0, 0.1) is 0 Å². The van der Waals surface area contributed by atoms with E-state index in [1.807, 2.05) is 25.1 Å². The lowest BCUT2D eigenvalue weighted by Gasteiger charge is -2.35. The number of halogens is 1. The van der Waals surface area contributed by atoms with Crippen LogP contribution in [-0.2, 0) is 0 Å². The third-order valence-corrected chi connectivity index (χ3v) is 4.98. The van der Waals surface area contributed by atoms with Gasteiger partial charge in [-0.15, -0.1) is 0 Å². The standard InChI is InChI=1S/C19H31ClN4O/c1-4-21-19(23-15-9-11-24(12-10-15)14(2)3)22-13-18(25)16-7-5-6-8-17(16)20/h5-8,14-15,18,25H,4,9-13H2,1-3H3,(H2,21,22,23). The Bertz CT molecular complexity index is 556.